The van der Waals surface area contributed by atoms with Gasteiger partial charge in [-0.3, -0.25) is 4.79 Å². The van der Waals surface area contributed by atoms with E-state index in [9.17, 15) is 9.90 Å². The summed E-state index contributed by atoms with van der Waals surface area (Å²) in [6.45, 7) is 6.04. The Hall–Kier alpha value is -2.07. The van der Waals surface area contributed by atoms with Gasteiger partial charge in [-0.05, 0) is 31.5 Å². The molecule has 1 heterocycles. The molecule has 22 heavy (non-hydrogen) atoms. The lowest BCUT2D eigenvalue weighted by Gasteiger charge is -2.28. The van der Waals surface area contributed by atoms with Gasteiger partial charge in [0.1, 0.15) is 5.76 Å². The van der Waals surface area contributed by atoms with Gasteiger partial charge in [-0.2, -0.15) is 0 Å². The third-order valence-electron chi connectivity index (χ3n) is 3.30. The fourth-order valence-corrected chi connectivity index (χ4v) is 2.31. The monoisotopic (exact) mass is 301 g/mol. The maximum Gasteiger partial charge on any atom is 0.289 e. The minimum Gasteiger partial charge on any atom is -0.456 e. The van der Waals surface area contributed by atoms with Crippen LogP contribution in [-0.4, -0.2) is 28.1 Å². The lowest BCUT2D eigenvalue weighted by atomic mass is 10.1. The molecule has 2 aromatic rings. The topological polar surface area (TPSA) is 53.7 Å². The number of carbonyl (C=O) groups excluding carboxylic acids is 1. The molecule has 4 heteroatoms. The fourth-order valence-electron chi connectivity index (χ4n) is 2.31. The average Bonchev–Trinajstić information content (AvgIpc) is 2.94. The zero-order valence-corrected chi connectivity index (χ0v) is 13.4. The van der Waals surface area contributed by atoms with Crippen LogP contribution in [0, 0.1) is 0 Å². The molecule has 0 aliphatic heterocycles. The Balaban J connectivity index is 2.21. The number of hydrogen-bond donors (Lipinski definition) is 1. The second-order valence-electron chi connectivity index (χ2n) is 6.08. The van der Waals surface area contributed by atoms with Gasteiger partial charge in [0, 0.05) is 19.5 Å². The maximum absolute atomic E-state index is 12.7. The number of aryl methyl sites for hydroxylation is 1. The molecule has 0 atom stereocenters. The zero-order chi connectivity index (χ0) is 16.2. The summed E-state index contributed by atoms with van der Waals surface area (Å²) in [6.07, 6.45) is 0.747. The smallest absolute Gasteiger partial charge is 0.289 e. The number of aliphatic hydroxyl groups is 1. The first kappa shape index (κ1) is 16.3. The SMILES string of the molecule is CCc1ccc(C(=O)N(Cc2ccccc2)CC(C)(C)O)o1. The molecule has 0 spiro atoms. The highest BCUT2D eigenvalue weighted by molar-refractivity contribution is 5.91. The molecule has 1 amide bonds. The fraction of sp³-hybridized carbons (Fsp3) is 0.389. The lowest BCUT2D eigenvalue weighted by Crippen LogP contribution is -2.41. The number of hydrogen-bond acceptors (Lipinski definition) is 3. The van der Waals surface area contributed by atoms with Crippen LogP contribution >= 0.6 is 0 Å². The van der Waals surface area contributed by atoms with Crippen molar-refractivity contribution in [2.45, 2.75) is 39.3 Å². The van der Waals surface area contributed by atoms with E-state index in [2.05, 4.69) is 0 Å². The van der Waals surface area contributed by atoms with Gasteiger partial charge in [-0.25, -0.2) is 0 Å². The molecule has 0 fully saturated rings. The van der Waals surface area contributed by atoms with Crippen molar-refractivity contribution in [3.63, 3.8) is 0 Å². The van der Waals surface area contributed by atoms with Crippen LogP contribution in [0.5, 0.6) is 0 Å². The van der Waals surface area contributed by atoms with Gasteiger partial charge in [0.15, 0.2) is 5.76 Å². The normalized spacial score (nSPS) is 11.5. The van der Waals surface area contributed by atoms with Crippen molar-refractivity contribution < 1.29 is 14.3 Å². The summed E-state index contributed by atoms with van der Waals surface area (Å²) in [5.74, 6) is 0.897. The van der Waals surface area contributed by atoms with E-state index in [1.165, 1.54) is 0 Å². The molecule has 0 saturated heterocycles. The first-order chi connectivity index (χ1) is 10.4. The molecule has 1 N–H and O–H groups in total. The van der Waals surface area contributed by atoms with Crippen molar-refractivity contribution in [3.8, 4) is 0 Å². The van der Waals surface area contributed by atoms with Crippen LogP contribution in [0.25, 0.3) is 0 Å². The van der Waals surface area contributed by atoms with Gasteiger partial charge in [-0.1, -0.05) is 37.3 Å². The summed E-state index contributed by atoms with van der Waals surface area (Å²) in [5, 5.41) is 10.1. The summed E-state index contributed by atoms with van der Waals surface area (Å²) >= 11 is 0. The summed E-state index contributed by atoms with van der Waals surface area (Å²) in [4.78, 5) is 14.3. The molecule has 0 aliphatic carbocycles. The van der Waals surface area contributed by atoms with Crippen molar-refractivity contribution >= 4 is 5.91 Å². The molecule has 1 aromatic heterocycles. The number of furan rings is 1. The summed E-state index contributed by atoms with van der Waals surface area (Å²) in [5.41, 5.74) is 0.0484. The van der Waals surface area contributed by atoms with Crippen molar-refractivity contribution in [3.05, 3.63) is 59.5 Å². The number of nitrogens with zero attached hydrogens (tertiary/aromatic N) is 1. The van der Waals surface area contributed by atoms with Gasteiger partial charge in [-0.15, -0.1) is 0 Å². The van der Waals surface area contributed by atoms with E-state index in [0.29, 0.717) is 12.3 Å². The van der Waals surface area contributed by atoms with E-state index < -0.39 is 5.60 Å². The Kier molecular flexibility index (Phi) is 5.03. The highest BCUT2D eigenvalue weighted by atomic mass is 16.4. The van der Waals surface area contributed by atoms with Crippen LogP contribution in [0.15, 0.2) is 46.9 Å². The van der Waals surface area contributed by atoms with E-state index in [1.54, 1.807) is 24.8 Å². The number of amides is 1. The summed E-state index contributed by atoms with van der Waals surface area (Å²) < 4.78 is 5.55. The Labute approximate surface area is 131 Å². The Morgan fingerprint density at radius 1 is 1.18 bits per heavy atom. The Bertz CT molecular complexity index is 611. The number of carbonyl (C=O) groups is 1. The van der Waals surface area contributed by atoms with E-state index in [-0.39, 0.29) is 12.5 Å². The Morgan fingerprint density at radius 3 is 2.41 bits per heavy atom. The first-order valence-electron chi connectivity index (χ1n) is 7.53. The second kappa shape index (κ2) is 6.79. The van der Waals surface area contributed by atoms with Crippen molar-refractivity contribution in [2.75, 3.05) is 6.54 Å². The summed E-state index contributed by atoms with van der Waals surface area (Å²) in [7, 11) is 0. The van der Waals surface area contributed by atoms with Crippen molar-refractivity contribution in [1.82, 2.24) is 4.90 Å². The summed E-state index contributed by atoms with van der Waals surface area (Å²) in [6, 6.07) is 13.2. The van der Waals surface area contributed by atoms with E-state index >= 15 is 0 Å². The minimum absolute atomic E-state index is 0.203. The third kappa shape index (κ3) is 4.46. The van der Waals surface area contributed by atoms with Crippen LogP contribution in [-0.2, 0) is 13.0 Å². The second-order valence-corrected chi connectivity index (χ2v) is 6.08. The van der Waals surface area contributed by atoms with Gasteiger partial charge in [0.05, 0.1) is 5.60 Å². The quantitative estimate of drug-likeness (QED) is 0.891. The highest BCUT2D eigenvalue weighted by Crippen LogP contribution is 2.16. The molecular weight excluding hydrogens is 278 g/mol. The Morgan fingerprint density at radius 2 is 1.86 bits per heavy atom. The standard InChI is InChI=1S/C18H23NO3/c1-4-15-10-11-16(22-15)17(20)19(13-18(2,3)21)12-14-8-6-5-7-9-14/h5-11,21H,4,12-13H2,1-3H3. The first-order valence-corrected chi connectivity index (χ1v) is 7.53. The van der Waals surface area contributed by atoms with Gasteiger partial charge in [0.2, 0.25) is 0 Å². The van der Waals surface area contributed by atoms with Crippen LogP contribution in [0.1, 0.15) is 42.6 Å². The molecule has 2 rings (SSSR count). The van der Waals surface area contributed by atoms with Crippen LogP contribution in [0.2, 0.25) is 0 Å². The average molecular weight is 301 g/mol. The largest absolute Gasteiger partial charge is 0.456 e. The minimum atomic E-state index is -0.968. The predicted molar refractivity (Wildman–Crippen MR) is 85.6 cm³/mol. The molecule has 0 bridgehead atoms. The number of rotatable bonds is 6. The van der Waals surface area contributed by atoms with Gasteiger partial charge >= 0.3 is 0 Å². The molecule has 0 unspecified atom stereocenters. The lowest BCUT2D eigenvalue weighted by molar-refractivity contribution is 0.0263. The van der Waals surface area contributed by atoms with Crippen molar-refractivity contribution in [2.24, 2.45) is 0 Å². The van der Waals surface area contributed by atoms with Crippen molar-refractivity contribution in [1.29, 1.82) is 0 Å². The third-order valence-corrected chi connectivity index (χ3v) is 3.30. The van der Waals surface area contributed by atoms with E-state index in [4.69, 9.17) is 4.42 Å². The van der Waals surface area contributed by atoms with Crippen LogP contribution < -0.4 is 0 Å². The molecule has 0 radical (unpaired) electrons. The maximum atomic E-state index is 12.7. The van der Waals surface area contributed by atoms with E-state index in [0.717, 1.165) is 17.7 Å². The highest BCUT2D eigenvalue weighted by Gasteiger charge is 2.25. The molecule has 0 aliphatic rings. The van der Waals surface area contributed by atoms with Crippen LogP contribution in [0.3, 0.4) is 0 Å². The van der Waals surface area contributed by atoms with E-state index in [1.807, 2.05) is 43.3 Å². The number of benzene rings is 1. The zero-order valence-electron chi connectivity index (χ0n) is 13.4. The molecular formula is C18H23NO3. The predicted octanol–water partition coefficient (Wildman–Crippen LogP) is 3.26. The molecule has 118 valence electrons. The van der Waals surface area contributed by atoms with Gasteiger partial charge in [0.25, 0.3) is 5.91 Å². The van der Waals surface area contributed by atoms with Gasteiger partial charge < -0.3 is 14.4 Å². The van der Waals surface area contributed by atoms with Crippen LogP contribution in [0.4, 0.5) is 0 Å². The molecule has 0 saturated carbocycles. The molecule has 4 nitrogen and oxygen atoms in total. The molecule has 1 aromatic carbocycles.